The maximum atomic E-state index is 13.7. The first kappa shape index (κ1) is 29.8. The molecule has 0 saturated heterocycles. The van der Waals surface area contributed by atoms with E-state index in [1.807, 2.05) is 32.0 Å². The van der Waals surface area contributed by atoms with Gasteiger partial charge < -0.3 is 10.1 Å². The maximum absolute atomic E-state index is 13.7. The molecule has 0 unspecified atom stereocenters. The first-order chi connectivity index (χ1) is 19.4. The van der Waals surface area contributed by atoms with E-state index in [9.17, 15) is 14.4 Å². The largest absolute Gasteiger partial charge is 0.462 e. The van der Waals surface area contributed by atoms with Gasteiger partial charge in [-0.2, -0.15) is 0 Å². The van der Waals surface area contributed by atoms with Gasteiger partial charge in [0, 0.05) is 36.6 Å². The molecule has 41 heavy (non-hydrogen) atoms. The average molecular weight is 560 g/mol. The summed E-state index contributed by atoms with van der Waals surface area (Å²) in [7, 11) is 0. The van der Waals surface area contributed by atoms with E-state index in [4.69, 9.17) is 4.74 Å². The van der Waals surface area contributed by atoms with Crippen LogP contribution >= 0.6 is 0 Å². The monoisotopic (exact) mass is 559 g/mol. The lowest BCUT2D eigenvalue weighted by atomic mass is 9.47. The number of fused-ring (bicyclic) bond motifs is 5. The van der Waals surface area contributed by atoms with E-state index in [-0.39, 0.29) is 46.4 Å². The number of hydrogen-bond donors (Lipinski definition) is 1. The van der Waals surface area contributed by atoms with Crippen molar-refractivity contribution in [3.8, 4) is 0 Å². The van der Waals surface area contributed by atoms with Gasteiger partial charge in [-0.05, 0) is 97.5 Å². The normalized spacial score (nSPS) is 35.4. The SMILES string of the molecule is CC(=O)O[C@@H]1CC[C@@]2(C)C(=CC[C@H]3[C@@H]4CC[C@H]([C@H](C)C(=O)/C=C(\NC(=O)c5ccccc5)C(C)C)[C@@]4(C)CC[C@@H]32)C1. The Hall–Kier alpha value is -2.69. The highest BCUT2D eigenvalue weighted by molar-refractivity contribution is 5.97. The number of carbonyl (C=O) groups excluding carboxylic acids is 3. The molecule has 1 N–H and O–H groups in total. The molecule has 5 rings (SSSR count). The highest BCUT2D eigenvalue weighted by atomic mass is 16.5. The van der Waals surface area contributed by atoms with Gasteiger partial charge in [0.2, 0.25) is 0 Å². The number of nitrogens with one attached hydrogen (secondary N) is 1. The quantitative estimate of drug-likeness (QED) is 0.211. The van der Waals surface area contributed by atoms with Gasteiger partial charge in [0.25, 0.3) is 5.91 Å². The van der Waals surface area contributed by atoms with Crippen molar-refractivity contribution in [3.63, 3.8) is 0 Å². The molecule has 0 spiro atoms. The fourth-order valence-corrected chi connectivity index (χ4v) is 9.45. The molecule has 0 aliphatic heterocycles. The van der Waals surface area contributed by atoms with Gasteiger partial charge in [0.15, 0.2) is 5.78 Å². The third-order valence-electron chi connectivity index (χ3n) is 11.7. The number of allylic oxidation sites excluding steroid dienone is 3. The van der Waals surface area contributed by atoms with Crippen LogP contribution in [0, 0.1) is 46.3 Å². The summed E-state index contributed by atoms with van der Waals surface area (Å²) in [6, 6.07) is 9.18. The minimum atomic E-state index is -0.170. The van der Waals surface area contributed by atoms with Gasteiger partial charge in [0.05, 0.1) is 0 Å². The minimum absolute atomic E-state index is 0.0289. The lowest BCUT2D eigenvalue weighted by Crippen LogP contribution is -2.51. The van der Waals surface area contributed by atoms with E-state index >= 15 is 0 Å². The second-order valence-electron chi connectivity index (χ2n) is 14.2. The number of ether oxygens (including phenoxy) is 1. The number of esters is 1. The highest BCUT2D eigenvalue weighted by Crippen LogP contribution is 2.67. The van der Waals surface area contributed by atoms with Crippen LogP contribution < -0.4 is 5.32 Å². The third kappa shape index (κ3) is 5.58. The van der Waals surface area contributed by atoms with Crippen LogP contribution in [0.1, 0.15) is 103 Å². The van der Waals surface area contributed by atoms with Crippen LogP contribution in [0.2, 0.25) is 0 Å². The van der Waals surface area contributed by atoms with Crippen molar-refractivity contribution in [1.29, 1.82) is 0 Å². The van der Waals surface area contributed by atoms with Crippen LogP contribution in [0.5, 0.6) is 0 Å². The molecule has 0 bridgehead atoms. The Morgan fingerprint density at radius 1 is 0.976 bits per heavy atom. The summed E-state index contributed by atoms with van der Waals surface area (Å²) in [4.78, 5) is 38.2. The molecule has 3 fully saturated rings. The number of amides is 1. The van der Waals surface area contributed by atoms with Gasteiger partial charge in [0.1, 0.15) is 6.10 Å². The second-order valence-corrected chi connectivity index (χ2v) is 14.2. The van der Waals surface area contributed by atoms with Crippen LogP contribution in [0.15, 0.2) is 53.8 Å². The van der Waals surface area contributed by atoms with Crippen LogP contribution in [0.25, 0.3) is 0 Å². The fourth-order valence-electron chi connectivity index (χ4n) is 9.45. The molecular formula is C36H49NO4. The number of ketones is 1. The Balaban J connectivity index is 1.30. The Bertz CT molecular complexity index is 1230. The maximum Gasteiger partial charge on any atom is 0.302 e. The molecule has 1 aromatic carbocycles. The molecular weight excluding hydrogens is 510 g/mol. The van der Waals surface area contributed by atoms with Gasteiger partial charge in [-0.1, -0.05) is 64.5 Å². The van der Waals surface area contributed by atoms with Gasteiger partial charge in [-0.15, -0.1) is 0 Å². The van der Waals surface area contributed by atoms with Crippen LogP contribution in [-0.4, -0.2) is 23.8 Å². The summed E-state index contributed by atoms with van der Waals surface area (Å²) < 4.78 is 5.62. The molecule has 1 amide bonds. The number of hydrogen-bond acceptors (Lipinski definition) is 4. The fraction of sp³-hybridized carbons (Fsp3) is 0.639. The molecule has 5 nitrogen and oxygen atoms in total. The van der Waals surface area contributed by atoms with Gasteiger partial charge in [-0.25, -0.2) is 0 Å². The lowest BCUT2D eigenvalue weighted by Gasteiger charge is -2.58. The summed E-state index contributed by atoms with van der Waals surface area (Å²) in [5.74, 6) is 2.08. The first-order valence-electron chi connectivity index (χ1n) is 15.9. The van der Waals surface area contributed by atoms with E-state index in [0.717, 1.165) is 32.1 Å². The third-order valence-corrected chi connectivity index (χ3v) is 11.7. The standard InChI is InChI=1S/C36H49NO4/c1-22(2)32(37-34(40)25-10-8-7-9-11-25)21-33(39)23(3)29-14-15-30-28-13-12-26-20-27(41-24(4)38)16-18-35(26,5)31(28)17-19-36(29,30)6/h7-12,21-23,27-31H,13-20H2,1-6H3,(H,37,40)/b32-21-/t23-,27+,28-,29+,30-,31-,35-,36+/m0/s1. The summed E-state index contributed by atoms with van der Waals surface area (Å²) in [5, 5.41) is 3.02. The van der Waals surface area contributed by atoms with Crippen molar-refractivity contribution >= 4 is 17.7 Å². The van der Waals surface area contributed by atoms with Crippen molar-refractivity contribution in [3.05, 3.63) is 59.3 Å². The van der Waals surface area contributed by atoms with Crippen LogP contribution in [0.3, 0.4) is 0 Å². The van der Waals surface area contributed by atoms with Gasteiger partial charge in [-0.3, -0.25) is 14.4 Å². The smallest absolute Gasteiger partial charge is 0.302 e. The first-order valence-corrected chi connectivity index (χ1v) is 15.9. The Labute approximate surface area is 246 Å². The van der Waals surface area contributed by atoms with Crippen LogP contribution in [0.4, 0.5) is 0 Å². The van der Waals surface area contributed by atoms with E-state index < -0.39 is 0 Å². The van der Waals surface area contributed by atoms with Crippen molar-refractivity contribution in [2.75, 3.05) is 0 Å². The molecule has 4 aliphatic carbocycles. The van der Waals surface area contributed by atoms with E-state index in [1.165, 1.54) is 31.8 Å². The predicted molar refractivity (Wildman–Crippen MR) is 162 cm³/mol. The molecule has 222 valence electrons. The number of carbonyl (C=O) groups is 3. The number of rotatable bonds is 7. The second kappa shape index (κ2) is 11.5. The molecule has 4 aliphatic rings. The Kier molecular flexibility index (Phi) is 8.38. The molecule has 3 saturated carbocycles. The van der Waals surface area contributed by atoms with E-state index in [0.29, 0.717) is 34.9 Å². The van der Waals surface area contributed by atoms with Crippen molar-refractivity contribution < 1.29 is 19.1 Å². The molecule has 8 atom stereocenters. The molecule has 0 radical (unpaired) electrons. The summed E-state index contributed by atoms with van der Waals surface area (Å²) in [6.45, 7) is 12.6. The zero-order valence-electron chi connectivity index (χ0n) is 25.9. The zero-order valence-corrected chi connectivity index (χ0v) is 25.9. The molecule has 5 heteroatoms. The molecule has 0 aromatic heterocycles. The molecule has 1 aromatic rings. The summed E-state index contributed by atoms with van der Waals surface area (Å²) in [5.41, 5.74) is 3.17. The summed E-state index contributed by atoms with van der Waals surface area (Å²) in [6.07, 6.45) is 13.0. The van der Waals surface area contributed by atoms with E-state index in [1.54, 1.807) is 18.2 Å². The average Bonchev–Trinajstić information content (AvgIpc) is 3.29. The van der Waals surface area contributed by atoms with Crippen molar-refractivity contribution in [1.82, 2.24) is 5.32 Å². The highest BCUT2D eigenvalue weighted by Gasteiger charge is 2.59. The summed E-state index contributed by atoms with van der Waals surface area (Å²) >= 11 is 0. The molecule has 0 heterocycles. The lowest BCUT2D eigenvalue weighted by molar-refractivity contribution is -0.148. The predicted octanol–water partition coefficient (Wildman–Crippen LogP) is 7.67. The zero-order chi connectivity index (χ0) is 29.5. The van der Waals surface area contributed by atoms with Gasteiger partial charge >= 0.3 is 5.97 Å². The number of benzene rings is 1. The Morgan fingerprint density at radius 2 is 1.71 bits per heavy atom. The van der Waals surface area contributed by atoms with Crippen molar-refractivity contribution in [2.45, 2.75) is 99.0 Å². The minimum Gasteiger partial charge on any atom is -0.462 e. The van der Waals surface area contributed by atoms with Crippen LogP contribution in [-0.2, 0) is 14.3 Å². The van der Waals surface area contributed by atoms with Crippen molar-refractivity contribution in [2.24, 2.45) is 46.3 Å². The topological polar surface area (TPSA) is 72.5 Å². The Morgan fingerprint density at radius 3 is 2.39 bits per heavy atom. The van der Waals surface area contributed by atoms with E-state index in [2.05, 4.69) is 32.2 Å².